The molecule has 7 nitrogen and oxygen atoms in total. The van der Waals surface area contributed by atoms with Gasteiger partial charge in [-0.05, 0) is 37.0 Å². The molecule has 0 aliphatic heterocycles. The van der Waals surface area contributed by atoms with Crippen LogP contribution < -0.4 is 10.6 Å². The van der Waals surface area contributed by atoms with Gasteiger partial charge in [0.05, 0.1) is 0 Å². The summed E-state index contributed by atoms with van der Waals surface area (Å²) in [6.45, 7) is 1.22. The van der Waals surface area contributed by atoms with Crippen molar-refractivity contribution in [2.24, 2.45) is 5.92 Å². The quantitative estimate of drug-likeness (QED) is 0.761. The number of nitrogens with one attached hydrogen (secondary N) is 2. The monoisotopic (exact) mass is 314 g/mol. The van der Waals surface area contributed by atoms with Crippen molar-refractivity contribution in [1.82, 2.24) is 25.3 Å². The second kappa shape index (κ2) is 7.71. The van der Waals surface area contributed by atoms with Crippen LogP contribution in [0.1, 0.15) is 32.1 Å². The number of carbonyl (C=O) groups is 1. The highest BCUT2D eigenvalue weighted by Gasteiger charge is 2.17. The molecule has 2 aromatic heterocycles. The highest BCUT2D eigenvalue weighted by Crippen LogP contribution is 2.27. The van der Waals surface area contributed by atoms with E-state index in [-0.39, 0.29) is 5.91 Å². The van der Waals surface area contributed by atoms with E-state index in [0.717, 1.165) is 0 Å². The number of hydrogen-bond acceptors (Lipinski definition) is 5. The van der Waals surface area contributed by atoms with Crippen molar-refractivity contribution in [3.8, 4) is 5.82 Å². The molecular weight excluding hydrogens is 292 g/mol. The summed E-state index contributed by atoms with van der Waals surface area (Å²) in [5.74, 6) is 2.10. The summed E-state index contributed by atoms with van der Waals surface area (Å²) in [5, 5.41) is 18.4. The summed E-state index contributed by atoms with van der Waals surface area (Å²) in [6, 6.07) is 5.54. The number of amides is 1. The van der Waals surface area contributed by atoms with Gasteiger partial charge in [0.15, 0.2) is 5.82 Å². The van der Waals surface area contributed by atoms with Gasteiger partial charge in [-0.2, -0.15) is 5.10 Å². The molecule has 7 heteroatoms. The normalized spacial score (nSPS) is 14.8. The largest absolute Gasteiger partial charge is 0.367 e. The predicted molar refractivity (Wildman–Crippen MR) is 87.2 cm³/mol. The number of nitrogens with zero attached hydrogens (tertiary/aromatic N) is 4. The molecule has 0 unspecified atom stereocenters. The molecule has 0 spiro atoms. The second-order valence-electron chi connectivity index (χ2n) is 5.86. The Morgan fingerprint density at radius 1 is 1.22 bits per heavy atom. The molecule has 2 N–H and O–H groups in total. The molecular formula is C16H22N6O. The summed E-state index contributed by atoms with van der Waals surface area (Å²) in [6.07, 6.45) is 9.12. The van der Waals surface area contributed by atoms with E-state index >= 15 is 0 Å². The Kier molecular flexibility index (Phi) is 5.18. The van der Waals surface area contributed by atoms with Crippen molar-refractivity contribution in [3.05, 3.63) is 30.6 Å². The Hall–Kier alpha value is -2.44. The molecule has 122 valence electrons. The highest BCUT2D eigenvalue weighted by atomic mass is 16.1. The van der Waals surface area contributed by atoms with E-state index in [1.54, 1.807) is 10.9 Å². The molecule has 1 saturated carbocycles. The molecule has 0 saturated heterocycles. The molecule has 1 fully saturated rings. The zero-order chi connectivity index (χ0) is 15.9. The van der Waals surface area contributed by atoms with Crippen LogP contribution in [0.15, 0.2) is 30.6 Å². The van der Waals surface area contributed by atoms with Gasteiger partial charge in [0.1, 0.15) is 5.82 Å². The number of anilines is 1. The lowest BCUT2D eigenvalue weighted by molar-refractivity contribution is -0.121. The maximum atomic E-state index is 11.8. The SMILES string of the molecule is O=C(CC1CCCC1)NCCNc1ccc(-n2cccn2)nn1. The Balaban J connectivity index is 1.36. The van der Waals surface area contributed by atoms with E-state index in [1.807, 2.05) is 24.4 Å². The fourth-order valence-corrected chi connectivity index (χ4v) is 2.89. The Labute approximate surface area is 135 Å². The number of carbonyl (C=O) groups excluding carboxylic acids is 1. The van der Waals surface area contributed by atoms with E-state index in [0.29, 0.717) is 37.1 Å². The first-order chi connectivity index (χ1) is 11.3. The highest BCUT2D eigenvalue weighted by molar-refractivity contribution is 5.76. The molecule has 3 rings (SSSR count). The first kappa shape index (κ1) is 15.5. The molecule has 1 aliphatic rings. The Bertz CT molecular complexity index is 604. The van der Waals surface area contributed by atoms with Gasteiger partial charge in [-0.1, -0.05) is 12.8 Å². The predicted octanol–water partition coefficient (Wildman–Crippen LogP) is 1.77. The molecule has 23 heavy (non-hydrogen) atoms. The zero-order valence-corrected chi connectivity index (χ0v) is 13.1. The summed E-state index contributed by atoms with van der Waals surface area (Å²) in [7, 11) is 0. The topological polar surface area (TPSA) is 84.7 Å². The zero-order valence-electron chi connectivity index (χ0n) is 13.1. The first-order valence-corrected chi connectivity index (χ1v) is 8.15. The molecule has 1 aliphatic carbocycles. The fraction of sp³-hybridized carbons (Fsp3) is 0.500. The summed E-state index contributed by atoms with van der Waals surface area (Å²) >= 11 is 0. The number of rotatable bonds is 7. The van der Waals surface area contributed by atoms with Crippen LogP contribution in [0.2, 0.25) is 0 Å². The molecule has 1 amide bonds. The third-order valence-electron chi connectivity index (χ3n) is 4.09. The van der Waals surface area contributed by atoms with Crippen LogP contribution in [0.3, 0.4) is 0 Å². The average Bonchev–Trinajstić information content (AvgIpc) is 3.26. The lowest BCUT2D eigenvalue weighted by Crippen LogP contribution is -2.30. The molecule has 0 atom stereocenters. The Morgan fingerprint density at radius 3 is 2.78 bits per heavy atom. The van der Waals surface area contributed by atoms with Gasteiger partial charge in [0.25, 0.3) is 0 Å². The summed E-state index contributed by atoms with van der Waals surface area (Å²) < 4.78 is 1.65. The van der Waals surface area contributed by atoms with Crippen LogP contribution in [-0.4, -0.2) is 39.0 Å². The van der Waals surface area contributed by atoms with Crippen LogP contribution in [0.4, 0.5) is 5.82 Å². The van der Waals surface area contributed by atoms with Crippen molar-refractivity contribution in [2.75, 3.05) is 18.4 Å². The molecule has 2 heterocycles. The third-order valence-corrected chi connectivity index (χ3v) is 4.09. The molecule has 0 radical (unpaired) electrons. The average molecular weight is 314 g/mol. The minimum absolute atomic E-state index is 0.152. The summed E-state index contributed by atoms with van der Waals surface area (Å²) in [4.78, 5) is 11.8. The van der Waals surface area contributed by atoms with Gasteiger partial charge >= 0.3 is 0 Å². The van der Waals surface area contributed by atoms with E-state index in [4.69, 9.17) is 0 Å². The minimum atomic E-state index is 0.152. The van der Waals surface area contributed by atoms with E-state index in [9.17, 15) is 4.79 Å². The smallest absolute Gasteiger partial charge is 0.220 e. The van der Waals surface area contributed by atoms with Crippen molar-refractivity contribution in [3.63, 3.8) is 0 Å². The second-order valence-corrected chi connectivity index (χ2v) is 5.86. The molecule has 0 bridgehead atoms. The minimum Gasteiger partial charge on any atom is -0.367 e. The van der Waals surface area contributed by atoms with Crippen molar-refractivity contribution in [2.45, 2.75) is 32.1 Å². The van der Waals surface area contributed by atoms with Gasteiger partial charge in [-0.3, -0.25) is 4.79 Å². The number of aromatic nitrogens is 4. The lowest BCUT2D eigenvalue weighted by atomic mass is 10.0. The van der Waals surface area contributed by atoms with Crippen LogP contribution in [0.25, 0.3) is 5.82 Å². The van der Waals surface area contributed by atoms with E-state index < -0.39 is 0 Å². The van der Waals surface area contributed by atoms with Crippen LogP contribution in [0.5, 0.6) is 0 Å². The van der Waals surface area contributed by atoms with E-state index in [2.05, 4.69) is 25.9 Å². The number of hydrogen-bond donors (Lipinski definition) is 2. The van der Waals surface area contributed by atoms with Gasteiger partial charge in [0.2, 0.25) is 5.91 Å². The van der Waals surface area contributed by atoms with Gasteiger partial charge in [-0.15, -0.1) is 10.2 Å². The molecule has 0 aromatic carbocycles. The van der Waals surface area contributed by atoms with Gasteiger partial charge in [-0.25, -0.2) is 4.68 Å². The van der Waals surface area contributed by atoms with Crippen LogP contribution >= 0.6 is 0 Å². The lowest BCUT2D eigenvalue weighted by Gasteiger charge is -2.10. The van der Waals surface area contributed by atoms with Crippen LogP contribution in [-0.2, 0) is 4.79 Å². The van der Waals surface area contributed by atoms with Gasteiger partial charge in [0, 0.05) is 31.9 Å². The van der Waals surface area contributed by atoms with Crippen molar-refractivity contribution < 1.29 is 4.79 Å². The standard InChI is InChI=1S/C16H22N6O/c23-16(12-13-4-1-2-5-13)18-10-9-17-14-6-7-15(21-20-14)22-11-3-8-19-22/h3,6-8,11,13H,1-2,4-5,9-10,12H2,(H,17,20)(H,18,23). The Morgan fingerprint density at radius 2 is 2.09 bits per heavy atom. The fourth-order valence-electron chi connectivity index (χ4n) is 2.89. The van der Waals surface area contributed by atoms with E-state index in [1.165, 1.54) is 25.7 Å². The maximum absolute atomic E-state index is 11.8. The first-order valence-electron chi connectivity index (χ1n) is 8.15. The third kappa shape index (κ3) is 4.51. The van der Waals surface area contributed by atoms with Gasteiger partial charge < -0.3 is 10.6 Å². The molecule has 2 aromatic rings. The summed E-state index contributed by atoms with van der Waals surface area (Å²) in [5.41, 5.74) is 0. The van der Waals surface area contributed by atoms with Crippen molar-refractivity contribution in [1.29, 1.82) is 0 Å². The van der Waals surface area contributed by atoms with Crippen LogP contribution in [0, 0.1) is 5.92 Å². The maximum Gasteiger partial charge on any atom is 0.220 e. The van der Waals surface area contributed by atoms with Crippen molar-refractivity contribution >= 4 is 11.7 Å².